The number of anilines is 2. The Morgan fingerprint density at radius 2 is 1.89 bits per heavy atom. The molecular weight excluding hydrogens is 509 g/mol. The van der Waals surface area contributed by atoms with Crippen molar-refractivity contribution >= 4 is 28.9 Å². The Morgan fingerprint density at radius 3 is 2.62 bits per heavy atom. The van der Waals surface area contributed by atoms with Gasteiger partial charge in [0.2, 0.25) is 5.95 Å². The third-order valence-corrected chi connectivity index (χ3v) is 6.51. The molecule has 8 nitrogen and oxygen atoms in total. The van der Waals surface area contributed by atoms with Crippen molar-refractivity contribution in [1.82, 2.24) is 15.0 Å². The van der Waals surface area contributed by atoms with Crippen LogP contribution in [0.1, 0.15) is 28.8 Å². The minimum Gasteiger partial charge on any atom is -0.481 e. The number of para-hydroxylation sites is 1. The predicted octanol–water partition coefficient (Wildman–Crippen LogP) is 5.39. The fourth-order valence-corrected chi connectivity index (χ4v) is 4.55. The van der Waals surface area contributed by atoms with Gasteiger partial charge in [0.15, 0.2) is 6.61 Å². The lowest BCUT2D eigenvalue weighted by Gasteiger charge is -2.23. The number of aliphatic hydroxyl groups is 1. The molecule has 0 aliphatic carbocycles. The zero-order valence-corrected chi connectivity index (χ0v) is 20.4. The highest BCUT2D eigenvalue weighted by Crippen LogP contribution is 2.40. The first-order valence-corrected chi connectivity index (χ1v) is 11.7. The summed E-state index contributed by atoms with van der Waals surface area (Å²) in [5.41, 5.74) is -0.284. The van der Waals surface area contributed by atoms with Crippen LogP contribution in [0, 0.1) is 6.92 Å². The van der Waals surface area contributed by atoms with Crippen LogP contribution in [0.25, 0.3) is 10.4 Å². The number of benzene rings is 2. The fourth-order valence-electron chi connectivity index (χ4n) is 3.59. The van der Waals surface area contributed by atoms with Gasteiger partial charge in [0.05, 0.1) is 4.88 Å². The number of carboxylic acid groups (broad SMARTS) is 1. The Balaban J connectivity index is 1.62. The zero-order chi connectivity index (χ0) is 26.8. The van der Waals surface area contributed by atoms with Gasteiger partial charge in [-0.2, -0.15) is 13.2 Å². The molecule has 0 aliphatic heterocycles. The number of carboxylic acids is 1. The molecule has 3 N–H and O–H groups in total. The van der Waals surface area contributed by atoms with E-state index in [4.69, 9.17) is 9.84 Å². The van der Waals surface area contributed by atoms with Crippen LogP contribution in [-0.4, -0.2) is 37.7 Å². The summed E-state index contributed by atoms with van der Waals surface area (Å²) in [5, 5.41) is 23.4. The van der Waals surface area contributed by atoms with Gasteiger partial charge < -0.3 is 20.3 Å². The lowest BCUT2D eigenvalue weighted by atomic mass is 9.96. The average Bonchev–Trinajstić information content (AvgIpc) is 3.34. The second kappa shape index (κ2) is 10.1. The molecule has 2 aromatic carbocycles. The summed E-state index contributed by atoms with van der Waals surface area (Å²) in [5.74, 6) is -1.13. The van der Waals surface area contributed by atoms with Crippen LogP contribution in [0.3, 0.4) is 0 Å². The minimum absolute atomic E-state index is 0.197. The van der Waals surface area contributed by atoms with Gasteiger partial charge in [-0.3, -0.25) is 0 Å². The highest BCUT2D eigenvalue weighted by atomic mass is 32.1. The monoisotopic (exact) mass is 530 g/mol. The first-order valence-electron chi connectivity index (χ1n) is 10.9. The second-order valence-corrected chi connectivity index (χ2v) is 9.29. The summed E-state index contributed by atoms with van der Waals surface area (Å²) in [4.78, 5) is 23.4. The Labute approximate surface area is 213 Å². The maximum Gasteiger partial charge on any atom is 0.433 e. The van der Waals surface area contributed by atoms with E-state index < -0.39 is 30.0 Å². The van der Waals surface area contributed by atoms with Crippen molar-refractivity contribution < 1.29 is 32.9 Å². The van der Waals surface area contributed by atoms with Crippen molar-refractivity contribution in [1.29, 1.82) is 0 Å². The van der Waals surface area contributed by atoms with E-state index in [0.717, 1.165) is 17.8 Å². The summed E-state index contributed by atoms with van der Waals surface area (Å²) < 4.78 is 44.4. The highest BCUT2D eigenvalue weighted by molar-refractivity contribution is 7.15. The molecule has 192 valence electrons. The van der Waals surface area contributed by atoms with Gasteiger partial charge in [-0.15, -0.1) is 11.3 Å². The van der Waals surface area contributed by atoms with Crippen molar-refractivity contribution in [2.24, 2.45) is 0 Å². The van der Waals surface area contributed by atoms with Gasteiger partial charge in [-0.1, -0.05) is 24.3 Å². The molecular formula is C25H21F3N4O4S. The Hall–Kier alpha value is -4.03. The topological polar surface area (TPSA) is 117 Å². The SMILES string of the molecule is Cc1cc(Nc2nccc(C(F)(F)F)n2)cc(-c2cnc(C(C)(O)c3ccccc3OCC(=O)O)s2)c1. The van der Waals surface area contributed by atoms with E-state index in [1.54, 1.807) is 42.6 Å². The van der Waals surface area contributed by atoms with Crippen molar-refractivity contribution in [3.05, 3.63) is 82.8 Å². The number of hydrogen-bond acceptors (Lipinski definition) is 8. The number of ether oxygens (including phenoxy) is 1. The van der Waals surface area contributed by atoms with Crippen LogP contribution in [0.2, 0.25) is 0 Å². The van der Waals surface area contributed by atoms with Gasteiger partial charge in [-0.25, -0.2) is 19.7 Å². The molecule has 0 saturated carbocycles. The van der Waals surface area contributed by atoms with Crippen LogP contribution in [-0.2, 0) is 16.6 Å². The first kappa shape index (κ1) is 26.0. The normalized spacial score (nSPS) is 13.1. The molecule has 0 aliphatic rings. The molecule has 4 aromatic rings. The van der Waals surface area contributed by atoms with Crippen molar-refractivity contribution in [3.63, 3.8) is 0 Å². The van der Waals surface area contributed by atoms with Crippen LogP contribution in [0.4, 0.5) is 24.8 Å². The molecule has 2 aromatic heterocycles. The number of thiazole rings is 1. The third kappa shape index (κ3) is 6.04. The van der Waals surface area contributed by atoms with Gasteiger partial charge in [-0.05, 0) is 49.2 Å². The largest absolute Gasteiger partial charge is 0.481 e. The molecule has 37 heavy (non-hydrogen) atoms. The summed E-state index contributed by atoms with van der Waals surface area (Å²) in [6, 6.07) is 12.7. The van der Waals surface area contributed by atoms with Gasteiger partial charge in [0.25, 0.3) is 0 Å². The molecule has 1 atom stereocenters. The maximum absolute atomic E-state index is 13.0. The Bertz CT molecular complexity index is 1440. The lowest BCUT2D eigenvalue weighted by molar-refractivity contribution is -0.141. The smallest absolute Gasteiger partial charge is 0.433 e. The molecule has 0 spiro atoms. The molecule has 0 fully saturated rings. The first-order chi connectivity index (χ1) is 17.4. The minimum atomic E-state index is -4.59. The summed E-state index contributed by atoms with van der Waals surface area (Å²) >= 11 is 1.21. The van der Waals surface area contributed by atoms with Gasteiger partial charge in [0, 0.05) is 23.6 Å². The number of nitrogens with zero attached hydrogens (tertiary/aromatic N) is 3. The summed E-state index contributed by atoms with van der Waals surface area (Å²) in [6.07, 6.45) is -1.98. The van der Waals surface area contributed by atoms with Crippen molar-refractivity contribution in [2.45, 2.75) is 25.6 Å². The van der Waals surface area contributed by atoms with Gasteiger partial charge in [0.1, 0.15) is 22.1 Å². The van der Waals surface area contributed by atoms with E-state index in [9.17, 15) is 23.1 Å². The van der Waals surface area contributed by atoms with E-state index in [0.29, 0.717) is 26.7 Å². The molecule has 2 heterocycles. The Kier molecular flexibility index (Phi) is 7.14. The maximum atomic E-state index is 13.0. The number of rotatable bonds is 8. The fraction of sp³-hybridized carbons (Fsp3) is 0.200. The van der Waals surface area contributed by atoms with Crippen LogP contribution < -0.4 is 10.1 Å². The van der Waals surface area contributed by atoms with E-state index in [1.807, 2.05) is 13.0 Å². The predicted molar refractivity (Wildman–Crippen MR) is 131 cm³/mol. The number of aliphatic carboxylic acids is 1. The number of nitrogens with one attached hydrogen (secondary N) is 1. The number of hydrogen-bond donors (Lipinski definition) is 3. The molecule has 0 bridgehead atoms. The number of carbonyl (C=O) groups is 1. The number of halogens is 3. The van der Waals surface area contributed by atoms with E-state index >= 15 is 0 Å². The summed E-state index contributed by atoms with van der Waals surface area (Å²) in [6.45, 7) is 2.80. The number of alkyl halides is 3. The molecule has 4 rings (SSSR count). The summed E-state index contributed by atoms with van der Waals surface area (Å²) in [7, 11) is 0. The standard InChI is InChI=1S/C25H21F3N4O4S/c1-14-9-15(11-16(10-14)31-23-29-8-7-20(32-23)25(26,27)28)19-12-30-22(37-19)24(2,35)17-5-3-4-6-18(17)36-13-21(33)34/h3-12,35H,13H2,1-2H3,(H,33,34)(H,29,31,32). The molecule has 0 radical (unpaired) electrons. The lowest BCUT2D eigenvalue weighted by Crippen LogP contribution is -2.24. The second-order valence-electron chi connectivity index (χ2n) is 8.26. The van der Waals surface area contributed by atoms with Crippen molar-refractivity contribution in [3.8, 4) is 16.2 Å². The zero-order valence-electron chi connectivity index (χ0n) is 19.6. The number of aryl methyl sites for hydroxylation is 1. The number of aromatic nitrogens is 3. The van der Waals surface area contributed by atoms with Crippen LogP contribution in [0.5, 0.6) is 5.75 Å². The molecule has 0 amide bonds. The quantitative estimate of drug-likeness (QED) is 0.278. The third-order valence-electron chi connectivity index (χ3n) is 5.25. The highest BCUT2D eigenvalue weighted by Gasteiger charge is 2.33. The van der Waals surface area contributed by atoms with E-state index in [1.165, 1.54) is 18.3 Å². The molecule has 1 unspecified atom stereocenters. The van der Waals surface area contributed by atoms with E-state index in [2.05, 4.69) is 20.3 Å². The van der Waals surface area contributed by atoms with Crippen LogP contribution >= 0.6 is 11.3 Å². The molecule has 0 saturated heterocycles. The van der Waals surface area contributed by atoms with E-state index in [-0.39, 0.29) is 11.7 Å². The van der Waals surface area contributed by atoms with Gasteiger partial charge >= 0.3 is 12.1 Å². The average molecular weight is 531 g/mol. The van der Waals surface area contributed by atoms with Crippen LogP contribution in [0.15, 0.2) is 60.9 Å². The Morgan fingerprint density at radius 1 is 1.14 bits per heavy atom. The molecule has 12 heteroatoms. The van der Waals surface area contributed by atoms with Crippen molar-refractivity contribution in [2.75, 3.05) is 11.9 Å².